The normalized spacial score (nSPS) is 14.3. The second kappa shape index (κ2) is 5.98. The van der Waals surface area contributed by atoms with E-state index in [9.17, 15) is 9.90 Å². The van der Waals surface area contributed by atoms with Crippen molar-refractivity contribution in [1.82, 2.24) is 4.90 Å². The van der Waals surface area contributed by atoms with Gasteiger partial charge in [-0.05, 0) is 37.3 Å². The Labute approximate surface area is 129 Å². The van der Waals surface area contributed by atoms with Gasteiger partial charge in [-0.25, -0.2) is 0 Å². The van der Waals surface area contributed by atoms with Crippen LogP contribution in [0.15, 0.2) is 41.3 Å². The second-order valence-electron chi connectivity index (χ2n) is 5.33. The zero-order valence-corrected chi connectivity index (χ0v) is 12.9. The van der Waals surface area contributed by atoms with E-state index >= 15 is 0 Å². The van der Waals surface area contributed by atoms with Gasteiger partial charge >= 0.3 is 0 Å². The SMILES string of the molecule is CCN(C(=O)CSc1ccc(O)c2ccccc12)C1CC1. The number of hydrogen-bond donors (Lipinski definition) is 1. The first kappa shape index (κ1) is 14.3. The maximum atomic E-state index is 12.3. The van der Waals surface area contributed by atoms with E-state index in [4.69, 9.17) is 0 Å². The minimum Gasteiger partial charge on any atom is -0.507 e. The van der Waals surface area contributed by atoms with Gasteiger partial charge in [0.15, 0.2) is 0 Å². The van der Waals surface area contributed by atoms with Crippen LogP contribution < -0.4 is 0 Å². The van der Waals surface area contributed by atoms with E-state index in [-0.39, 0.29) is 11.7 Å². The van der Waals surface area contributed by atoms with Crippen LogP contribution in [0.5, 0.6) is 5.75 Å². The zero-order chi connectivity index (χ0) is 14.8. The van der Waals surface area contributed by atoms with Crippen LogP contribution in [0.3, 0.4) is 0 Å². The zero-order valence-electron chi connectivity index (χ0n) is 12.1. The van der Waals surface area contributed by atoms with Gasteiger partial charge < -0.3 is 10.0 Å². The first-order chi connectivity index (χ1) is 10.2. The fourth-order valence-corrected chi connectivity index (χ4v) is 3.57. The summed E-state index contributed by atoms with van der Waals surface area (Å²) >= 11 is 1.55. The molecule has 2 aromatic carbocycles. The fourth-order valence-electron chi connectivity index (χ4n) is 2.63. The number of aromatic hydroxyl groups is 1. The summed E-state index contributed by atoms with van der Waals surface area (Å²) in [4.78, 5) is 15.3. The second-order valence-corrected chi connectivity index (χ2v) is 6.35. The number of amides is 1. The quantitative estimate of drug-likeness (QED) is 0.857. The molecule has 0 aromatic heterocycles. The smallest absolute Gasteiger partial charge is 0.233 e. The lowest BCUT2D eigenvalue weighted by Crippen LogP contribution is -2.34. The molecule has 1 aliphatic rings. The van der Waals surface area contributed by atoms with Crippen molar-refractivity contribution in [2.45, 2.75) is 30.7 Å². The van der Waals surface area contributed by atoms with Gasteiger partial charge in [-0.1, -0.05) is 24.3 Å². The number of carbonyl (C=O) groups excluding carboxylic acids is 1. The molecule has 21 heavy (non-hydrogen) atoms. The van der Waals surface area contributed by atoms with Crippen LogP contribution in [0.4, 0.5) is 0 Å². The molecule has 110 valence electrons. The van der Waals surface area contributed by atoms with Crippen molar-refractivity contribution in [3.8, 4) is 5.75 Å². The molecule has 0 bridgehead atoms. The molecule has 1 amide bonds. The first-order valence-corrected chi connectivity index (χ1v) is 8.32. The molecule has 1 fully saturated rings. The molecule has 2 aromatic rings. The molecule has 1 N–H and O–H groups in total. The van der Waals surface area contributed by atoms with Gasteiger partial charge in [0.2, 0.25) is 5.91 Å². The molecule has 4 heteroatoms. The topological polar surface area (TPSA) is 40.5 Å². The maximum Gasteiger partial charge on any atom is 0.233 e. The van der Waals surface area contributed by atoms with E-state index in [0.717, 1.165) is 35.1 Å². The predicted molar refractivity (Wildman–Crippen MR) is 86.7 cm³/mol. The minimum atomic E-state index is 0.210. The lowest BCUT2D eigenvalue weighted by Gasteiger charge is -2.20. The van der Waals surface area contributed by atoms with E-state index in [1.54, 1.807) is 17.8 Å². The van der Waals surface area contributed by atoms with Crippen LogP contribution in [-0.2, 0) is 4.79 Å². The van der Waals surface area contributed by atoms with Gasteiger partial charge in [0.1, 0.15) is 5.75 Å². The summed E-state index contributed by atoms with van der Waals surface area (Å²) in [6.07, 6.45) is 2.29. The summed E-state index contributed by atoms with van der Waals surface area (Å²) < 4.78 is 0. The van der Waals surface area contributed by atoms with E-state index in [2.05, 4.69) is 0 Å². The monoisotopic (exact) mass is 301 g/mol. The first-order valence-electron chi connectivity index (χ1n) is 7.33. The Bertz CT molecular complexity index is 667. The average Bonchev–Trinajstić information content (AvgIpc) is 3.32. The average molecular weight is 301 g/mol. The molecule has 0 spiro atoms. The Balaban J connectivity index is 1.76. The highest BCUT2D eigenvalue weighted by atomic mass is 32.2. The number of hydrogen-bond acceptors (Lipinski definition) is 3. The van der Waals surface area contributed by atoms with Crippen LogP contribution in [0.25, 0.3) is 10.8 Å². The molecule has 3 rings (SSSR count). The van der Waals surface area contributed by atoms with Crippen molar-refractivity contribution in [2.24, 2.45) is 0 Å². The molecule has 0 heterocycles. The third kappa shape index (κ3) is 3.00. The molecule has 0 saturated heterocycles. The Morgan fingerprint density at radius 1 is 1.24 bits per heavy atom. The van der Waals surface area contributed by atoms with Gasteiger partial charge in [0.05, 0.1) is 5.75 Å². The largest absolute Gasteiger partial charge is 0.507 e. The Morgan fingerprint density at radius 3 is 2.62 bits per heavy atom. The van der Waals surface area contributed by atoms with Crippen molar-refractivity contribution >= 4 is 28.4 Å². The molecular weight excluding hydrogens is 282 g/mol. The molecule has 1 saturated carbocycles. The summed E-state index contributed by atoms with van der Waals surface area (Å²) in [6.45, 7) is 2.83. The van der Waals surface area contributed by atoms with Gasteiger partial charge in [-0.15, -0.1) is 11.8 Å². The van der Waals surface area contributed by atoms with Crippen molar-refractivity contribution in [1.29, 1.82) is 0 Å². The van der Waals surface area contributed by atoms with Crippen molar-refractivity contribution in [3.05, 3.63) is 36.4 Å². The summed E-state index contributed by atoms with van der Waals surface area (Å²) in [5.41, 5.74) is 0. The van der Waals surface area contributed by atoms with E-state index in [1.807, 2.05) is 42.2 Å². The highest BCUT2D eigenvalue weighted by molar-refractivity contribution is 8.00. The van der Waals surface area contributed by atoms with Gasteiger partial charge in [-0.2, -0.15) is 0 Å². The number of carbonyl (C=O) groups is 1. The summed E-state index contributed by atoms with van der Waals surface area (Å²) in [7, 11) is 0. The summed E-state index contributed by atoms with van der Waals surface area (Å²) in [5.74, 6) is 0.954. The molecule has 3 nitrogen and oxygen atoms in total. The Kier molecular flexibility index (Phi) is 4.06. The number of phenols is 1. The standard InChI is InChI=1S/C17H19NO2S/c1-2-18(12-7-8-12)17(20)11-21-16-10-9-15(19)13-5-3-4-6-14(13)16/h3-6,9-10,12,19H,2,7-8,11H2,1H3. The molecule has 0 radical (unpaired) electrons. The number of rotatable bonds is 5. The number of benzene rings is 2. The van der Waals surface area contributed by atoms with E-state index in [0.29, 0.717) is 11.8 Å². The lowest BCUT2D eigenvalue weighted by atomic mass is 10.1. The van der Waals surface area contributed by atoms with E-state index < -0.39 is 0 Å². The highest BCUT2D eigenvalue weighted by Gasteiger charge is 2.31. The third-order valence-electron chi connectivity index (χ3n) is 3.86. The van der Waals surface area contributed by atoms with Crippen LogP contribution in [0, 0.1) is 0 Å². The van der Waals surface area contributed by atoms with Crippen LogP contribution in [0.1, 0.15) is 19.8 Å². The van der Waals surface area contributed by atoms with E-state index in [1.165, 1.54) is 0 Å². The van der Waals surface area contributed by atoms with Crippen LogP contribution >= 0.6 is 11.8 Å². The van der Waals surface area contributed by atoms with Crippen molar-refractivity contribution < 1.29 is 9.90 Å². The lowest BCUT2D eigenvalue weighted by molar-refractivity contribution is -0.128. The van der Waals surface area contributed by atoms with Gasteiger partial charge in [0.25, 0.3) is 0 Å². The Morgan fingerprint density at radius 2 is 1.95 bits per heavy atom. The fraction of sp³-hybridized carbons (Fsp3) is 0.353. The number of thioether (sulfide) groups is 1. The van der Waals surface area contributed by atoms with Crippen LogP contribution in [0.2, 0.25) is 0 Å². The third-order valence-corrected chi connectivity index (χ3v) is 4.92. The van der Waals surface area contributed by atoms with Gasteiger partial charge in [-0.3, -0.25) is 4.79 Å². The molecule has 0 aliphatic heterocycles. The molecule has 1 aliphatic carbocycles. The van der Waals surface area contributed by atoms with Crippen molar-refractivity contribution in [2.75, 3.05) is 12.3 Å². The Hall–Kier alpha value is -1.68. The minimum absolute atomic E-state index is 0.210. The number of fused-ring (bicyclic) bond motifs is 1. The maximum absolute atomic E-state index is 12.3. The van der Waals surface area contributed by atoms with Crippen molar-refractivity contribution in [3.63, 3.8) is 0 Å². The highest BCUT2D eigenvalue weighted by Crippen LogP contribution is 2.34. The number of nitrogens with zero attached hydrogens (tertiary/aromatic N) is 1. The number of phenolic OH excluding ortho intramolecular Hbond substituents is 1. The van der Waals surface area contributed by atoms with Gasteiger partial charge in [0, 0.05) is 22.9 Å². The van der Waals surface area contributed by atoms with Crippen LogP contribution in [-0.4, -0.2) is 34.3 Å². The molecule has 0 unspecified atom stereocenters. The summed E-state index contributed by atoms with van der Waals surface area (Å²) in [6, 6.07) is 11.8. The molecular formula is C17H19NO2S. The summed E-state index contributed by atoms with van der Waals surface area (Å²) in [5, 5.41) is 11.7. The molecule has 0 atom stereocenters. The predicted octanol–water partition coefficient (Wildman–Crippen LogP) is 3.65.